The Morgan fingerprint density at radius 3 is 2.38 bits per heavy atom. The molecule has 1 aromatic heterocycles. The first-order chi connectivity index (χ1) is 11.1. The Morgan fingerprint density at radius 1 is 1.29 bits per heavy atom. The van der Waals surface area contributed by atoms with Crippen LogP contribution in [-0.4, -0.2) is 22.5 Å². The van der Waals surface area contributed by atoms with E-state index in [2.05, 4.69) is 10.3 Å². The van der Waals surface area contributed by atoms with E-state index in [9.17, 15) is 9.59 Å². The second-order valence-electron chi connectivity index (χ2n) is 8.52. The van der Waals surface area contributed by atoms with E-state index in [1.165, 1.54) is 19.3 Å². The first kappa shape index (κ1) is 16.9. The van der Waals surface area contributed by atoms with Crippen molar-refractivity contribution in [1.29, 1.82) is 0 Å². The van der Waals surface area contributed by atoms with Gasteiger partial charge in [0.1, 0.15) is 11.3 Å². The Hall–Kier alpha value is -1.91. The predicted molar refractivity (Wildman–Crippen MR) is 92.3 cm³/mol. The van der Waals surface area contributed by atoms with Crippen LogP contribution in [0.15, 0.2) is 12.3 Å². The summed E-state index contributed by atoms with van der Waals surface area (Å²) in [5.41, 5.74) is 1.53. The van der Waals surface area contributed by atoms with Crippen LogP contribution in [0.5, 0.6) is 0 Å². The molecule has 1 amide bonds. The van der Waals surface area contributed by atoms with Gasteiger partial charge < -0.3 is 4.74 Å². The second-order valence-corrected chi connectivity index (χ2v) is 8.52. The number of ether oxygens (including phenoxy) is 1. The smallest absolute Gasteiger partial charge is 0.412 e. The number of ketones is 1. The lowest BCUT2D eigenvalue weighted by Gasteiger charge is -2.62. The molecule has 24 heavy (non-hydrogen) atoms. The number of aromatic nitrogens is 1. The molecular formula is C19H26N2O3. The molecule has 2 bridgehead atoms. The van der Waals surface area contributed by atoms with Crippen LogP contribution >= 0.6 is 0 Å². The Balaban J connectivity index is 1.88. The summed E-state index contributed by atoms with van der Waals surface area (Å²) in [6.07, 6.45) is 4.83. The van der Waals surface area contributed by atoms with Crippen molar-refractivity contribution in [3.05, 3.63) is 23.5 Å². The molecule has 0 radical (unpaired) electrons. The number of carbonyl (C=O) groups excluding carboxylic acids is 2. The molecule has 0 aromatic carbocycles. The topological polar surface area (TPSA) is 68.3 Å². The van der Waals surface area contributed by atoms with Gasteiger partial charge in [-0.15, -0.1) is 0 Å². The highest BCUT2D eigenvalue weighted by atomic mass is 16.6. The fourth-order valence-electron chi connectivity index (χ4n) is 3.57. The number of rotatable bonds is 4. The summed E-state index contributed by atoms with van der Waals surface area (Å²) in [4.78, 5) is 29.0. The summed E-state index contributed by atoms with van der Waals surface area (Å²) in [6.45, 7) is 9.09. The molecule has 3 aliphatic rings. The summed E-state index contributed by atoms with van der Waals surface area (Å²) in [7, 11) is 0. The Labute approximate surface area is 143 Å². The summed E-state index contributed by atoms with van der Waals surface area (Å²) < 4.78 is 5.32. The summed E-state index contributed by atoms with van der Waals surface area (Å²) in [5, 5.41) is 2.74. The number of hydrogen-bond donors (Lipinski definition) is 1. The van der Waals surface area contributed by atoms with Crippen molar-refractivity contribution in [3.63, 3.8) is 0 Å². The normalized spacial score (nSPS) is 24.8. The highest BCUT2D eigenvalue weighted by molar-refractivity contribution is 6.03. The third-order valence-corrected chi connectivity index (χ3v) is 4.93. The Kier molecular flexibility index (Phi) is 3.93. The average molecular weight is 330 g/mol. The average Bonchev–Trinajstić information content (AvgIpc) is 2.32. The zero-order valence-electron chi connectivity index (χ0n) is 15.1. The van der Waals surface area contributed by atoms with Crippen molar-refractivity contribution >= 4 is 17.6 Å². The van der Waals surface area contributed by atoms with Crippen LogP contribution < -0.4 is 5.32 Å². The molecule has 0 atom stereocenters. The molecule has 3 aliphatic carbocycles. The minimum Gasteiger partial charge on any atom is -0.444 e. The van der Waals surface area contributed by atoms with Crippen molar-refractivity contribution in [2.24, 2.45) is 11.8 Å². The number of anilines is 1. The molecule has 0 aliphatic heterocycles. The first-order valence-electron chi connectivity index (χ1n) is 8.64. The van der Waals surface area contributed by atoms with Crippen LogP contribution in [0.4, 0.5) is 10.5 Å². The molecule has 0 unspecified atom stereocenters. The number of carbonyl (C=O) groups is 2. The van der Waals surface area contributed by atoms with Crippen molar-refractivity contribution in [1.82, 2.24) is 4.98 Å². The zero-order chi connectivity index (χ0) is 17.7. The van der Waals surface area contributed by atoms with E-state index in [-0.39, 0.29) is 17.1 Å². The van der Waals surface area contributed by atoms with Gasteiger partial charge in [-0.25, -0.2) is 4.79 Å². The maximum Gasteiger partial charge on any atom is 0.412 e. The fraction of sp³-hybridized carbons (Fsp3) is 0.632. The highest BCUT2D eigenvalue weighted by Crippen LogP contribution is 2.65. The maximum absolute atomic E-state index is 12.4. The molecule has 5 heteroatoms. The molecule has 3 fully saturated rings. The van der Waals surface area contributed by atoms with E-state index < -0.39 is 11.7 Å². The van der Waals surface area contributed by atoms with Crippen LogP contribution in [0.1, 0.15) is 69.9 Å². The number of hydrogen-bond acceptors (Lipinski definition) is 4. The lowest BCUT2D eigenvalue weighted by molar-refractivity contribution is -0.0276. The maximum atomic E-state index is 12.4. The monoisotopic (exact) mass is 330 g/mol. The van der Waals surface area contributed by atoms with Gasteiger partial charge in [0.05, 0.1) is 5.69 Å². The van der Waals surface area contributed by atoms with E-state index in [0.717, 1.165) is 11.5 Å². The van der Waals surface area contributed by atoms with E-state index >= 15 is 0 Å². The van der Waals surface area contributed by atoms with Crippen LogP contribution in [0, 0.1) is 11.8 Å². The summed E-state index contributed by atoms with van der Waals surface area (Å²) in [5.74, 6) is 0.590. The standard InChI is InChI=1S/C19H26N2O3/c1-11(2)16(22)15-14(21-17(23)24-18(3,4)5)6-13(10-20-15)19-7-12(8-19)9-19/h6,10-12H,7-9H2,1-5H3,(H,21,23). The Bertz CT molecular complexity index is 671. The number of nitrogens with zero attached hydrogens (tertiary/aromatic N) is 1. The number of amides is 1. The van der Waals surface area contributed by atoms with E-state index in [0.29, 0.717) is 11.4 Å². The lowest BCUT2D eigenvalue weighted by atomic mass is 9.42. The van der Waals surface area contributed by atoms with Gasteiger partial charge in [0.15, 0.2) is 5.78 Å². The SMILES string of the molecule is CC(C)C(=O)c1ncc(C23CC(C2)C3)cc1NC(=O)OC(C)(C)C. The van der Waals surface area contributed by atoms with Gasteiger partial charge in [-0.1, -0.05) is 13.8 Å². The number of Topliss-reactive ketones (excluding diaryl/α,β-unsaturated/α-hetero) is 1. The van der Waals surface area contributed by atoms with Crippen LogP contribution in [0.2, 0.25) is 0 Å². The van der Waals surface area contributed by atoms with Gasteiger partial charge >= 0.3 is 6.09 Å². The van der Waals surface area contributed by atoms with Crippen LogP contribution in [0.3, 0.4) is 0 Å². The van der Waals surface area contributed by atoms with E-state index in [1.807, 2.05) is 46.9 Å². The molecule has 4 rings (SSSR count). The molecular weight excluding hydrogens is 304 g/mol. The van der Waals surface area contributed by atoms with Crippen LogP contribution in [0.25, 0.3) is 0 Å². The quantitative estimate of drug-likeness (QED) is 0.835. The van der Waals surface area contributed by atoms with Gasteiger partial charge in [-0.05, 0) is 63.0 Å². The third kappa shape index (κ3) is 3.04. The van der Waals surface area contributed by atoms with Crippen molar-refractivity contribution < 1.29 is 14.3 Å². The van der Waals surface area contributed by atoms with Crippen molar-refractivity contribution in [2.45, 2.75) is 64.9 Å². The van der Waals surface area contributed by atoms with Crippen LogP contribution in [-0.2, 0) is 10.2 Å². The minimum absolute atomic E-state index is 0.0785. The molecule has 1 aromatic rings. The minimum atomic E-state index is -0.592. The summed E-state index contributed by atoms with van der Waals surface area (Å²) >= 11 is 0. The highest BCUT2D eigenvalue weighted by Gasteiger charge is 2.57. The van der Waals surface area contributed by atoms with Gasteiger partial charge in [0.25, 0.3) is 0 Å². The summed E-state index contributed by atoms with van der Waals surface area (Å²) in [6, 6.07) is 1.92. The molecule has 0 spiro atoms. The number of nitrogens with one attached hydrogen (secondary N) is 1. The van der Waals surface area contributed by atoms with E-state index in [4.69, 9.17) is 4.74 Å². The lowest BCUT2D eigenvalue weighted by Crippen LogP contribution is -2.55. The molecule has 3 saturated carbocycles. The predicted octanol–water partition coefficient (Wildman–Crippen LogP) is 4.32. The van der Waals surface area contributed by atoms with Gasteiger partial charge in [0.2, 0.25) is 0 Å². The van der Waals surface area contributed by atoms with Crippen molar-refractivity contribution in [2.75, 3.05) is 5.32 Å². The molecule has 1 N–H and O–H groups in total. The molecule has 0 saturated heterocycles. The van der Waals surface area contributed by atoms with Gasteiger partial charge in [0, 0.05) is 12.1 Å². The molecule has 1 heterocycles. The molecule has 130 valence electrons. The molecule has 5 nitrogen and oxygen atoms in total. The third-order valence-electron chi connectivity index (χ3n) is 4.93. The van der Waals surface area contributed by atoms with E-state index in [1.54, 1.807) is 0 Å². The number of pyridine rings is 1. The second kappa shape index (κ2) is 5.57. The fourth-order valence-corrected chi connectivity index (χ4v) is 3.57. The van der Waals surface area contributed by atoms with Gasteiger partial charge in [-0.3, -0.25) is 15.1 Å². The zero-order valence-corrected chi connectivity index (χ0v) is 15.1. The van der Waals surface area contributed by atoms with Gasteiger partial charge in [-0.2, -0.15) is 0 Å². The largest absolute Gasteiger partial charge is 0.444 e. The van der Waals surface area contributed by atoms with Crippen molar-refractivity contribution in [3.8, 4) is 0 Å². The first-order valence-corrected chi connectivity index (χ1v) is 8.64. The Morgan fingerprint density at radius 2 is 1.92 bits per heavy atom.